The summed E-state index contributed by atoms with van der Waals surface area (Å²) in [7, 11) is 0. The number of piperidine rings is 1. The van der Waals surface area contributed by atoms with Crippen molar-refractivity contribution in [3.05, 3.63) is 53.9 Å². The van der Waals surface area contributed by atoms with Crippen LogP contribution < -0.4 is 5.32 Å². The molecule has 1 aliphatic rings. The van der Waals surface area contributed by atoms with Crippen LogP contribution in [0.25, 0.3) is 0 Å². The van der Waals surface area contributed by atoms with Crippen LogP contribution >= 0.6 is 0 Å². The van der Waals surface area contributed by atoms with Crippen LogP contribution in [0.15, 0.2) is 42.6 Å². The molecule has 1 aromatic carbocycles. The summed E-state index contributed by atoms with van der Waals surface area (Å²) in [4.78, 5) is 0. The molecule has 94 valence electrons. The molecule has 18 heavy (non-hydrogen) atoms. The fraction of sp³-hybridized carbons (Fsp3) is 0.400. The van der Waals surface area contributed by atoms with Crippen molar-refractivity contribution in [1.29, 1.82) is 0 Å². The quantitative estimate of drug-likeness (QED) is 0.894. The standard InChI is InChI=1S/C15H19N3/c1-2-4-13(5-3-1)12-18-15(8-11-17-18)14-6-9-16-10-7-14/h1-5,8,11,14,16H,6-7,9-10,12H2. The summed E-state index contributed by atoms with van der Waals surface area (Å²) in [5, 5.41) is 7.90. The lowest BCUT2D eigenvalue weighted by molar-refractivity contribution is 0.435. The van der Waals surface area contributed by atoms with Gasteiger partial charge >= 0.3 is 0 Å². The summed E-state index contributed by atoms with van der Waals surface area (Å²) in [6.45, 7) is 3.13. The summed E-state index contributed by atoms with van der Waals surface area (Å²) < 4.78 is 2.16. The molecule has 0 bridgehead atoms. The lowest BCUT2D eigenvalue weighted by Crippen LogP contribution is -2.28. The van der Waals surface area contributed by atoms with Gasteiger partial charge in [-0.05, 0) is 37.6 Å². The first kappa shape index (κ1) is 11.5. The third-order valence-electron chi connectivity index (χ3n) is 3.68. The highest BCUT2D eigenvalue weighted by Gasteiger charge is 2.18. The van der Waals surface area contributed by atoms with Crippen molar-refractivity contribution < 1.29 is 0 Å². The molecule has 3 nitrogen and oxygen atoms in total. The number of hydrogen-bond donors (Lipinski definition) is 1. The van der Waals surface area contributed by atoms with Gasteiger partial charge < -0.3 is 5.32 Å². The second kappa shape index (κ2) is 5.36. The summed E-state index contributed by atoms with van der Waals surface area (Å²) in [6.07, 6.45) is 4.38. The average Bonchev–Trinajstić information content (AvgIpc) is 2.89. The van der Waals surface area contributed by atoms with Crippen LogP contribution in [0.4, 0.5) is 0 Å². The monoisotopic (exact) mass is 241 g/mol. The van der Waals surface area contributed by atoms with Gasteiger partial charge in [0, 0.05) is 17.8 Å². The molecule has 0 unspecified atom stereocenters. The van der Waals surface area contributed by atoms with Gasteiger partial charge in [-0.25, -0.2) is 0 Å². The average molecular weight is 241 g/mol. The predicted molar refractivity (Wildman–Crippen MR) is 72.6 cm³/mol. The van der Waals surface area contributed by atoms with Crippen molar-refractivity contribution in [1.82, 2.24) is 15.1 Å². The maximum atomic E-state index is 4.48. The Morgan fingerprint density at radius 3 is 2.67 bits per heavy atom. The minimum Gasteiger partial charge on any atom is -0.317 e. The Morgan fingerprint density at radius 1 is 1.11 bits per heavy atom. The zero-order chi connectivity index (χ0) is 12.2. The molecular weight excluding hydrogens is 222 g/mol. The maximum Gasteiger partial charge on any atom is 0.0662 e. The van der Waals surface area contributed by atoms with Gasteiger partial charge in [-0.3, -0.25) is 4.68 Å². The van der Waals surface area contributed by atoms with Crippen molar-refractivity contribution in [2.45, 2.75) is 25.3 Å². The third-order valence-corrected chi connectivity index (χ3v) is 3.68. The summed E-state index contributed by atoms with van der Waals surface area (Å²) in [5.41, 5.74) is 2.71. The van der Waals surface area contributed by atoms with Gasteiger partial charge in [0.2, 0.25) is 0 Å². The highest BCUT2D eigenvalue weighted by molar-refractivity contribution is 5.17. The fourth-order valence-electron chi connectivity index (χ4n) is 2.70. The Morgan fingerprint density at radius 2 is 1.89 bits per heavy atom. The summed E-state index contributed by atoms with van der Waals surface area (Å²) in [5.74, 6) is 0.664. The van der Waals surface area contributed by atoms with Crippen LogP contribution in [0.5, 0.6) is 0 Å². The Hall–Kier alpha value is -1.61. The lowest BCUT2D eigenvalue weighted by Gasteiger charge is -2.23. The highest BCUT2D eigenvalue weighted by Crippen LogP contribution is 2.25. The lowest BCUT2D eigenvalue weighted by atomic mass is 9.94. The zero-order valence-electron chi connectivity index (χ0n) is 10.5. The maximum absolute atomic E-state index is 4.48. The molecule has 0 radical (unpaired) electrons. The summed E-state index contributed by atoms with van der Waals surface area (Å²) >= 11 is 0. The minimum absolute atomic E-state index is 0.664. The van der Waals surface area contributed by atoms with Crippen LogP contribution in [0, 0.1) is 0 Å². The molecule has 1 saturated heterocycles. The normalized spacial score (nSPS) is 16.9. The van der Waals surface area contributed by atoms with Gasteiger partial charge in [0.05, 0.1) is 6.54 Å². The molecule has 1 aliphatic heterocycles. The predicted octanol–water partition coefficient (Wildman–Crippen LogP) is 2.40. The SMILES string of the molecule is c1ccc(Cn2nccc2C2CCNCC2)cc1. The number of hydrogen-bond acceptors (Lipinski definition) is 2. The molecule has 1 N–H and O–H groups in total. The van der Waals surface area contributed by atoms with Crippen LogP contribution in [0.2, 0.25) is 0 Å². The molecule has 3 rings (SSSR count). The zero-order valence-corrected chi connectivity index (χ0v) is 10.5. The van der Waals surface area contributed by atoms with E-state index in [1.807, 2.05) is 6.20 Å². The van der Waals surface area contributed by atoms with E-state index in [2.05, 4.69) is 51.5 Å². The molecule has 0 atom stereocenters. The van der Waals surface area contributed by atoms with E-state index in [-0.39, 0.29) is 0 Å². The van der Waals surface area contributed by atoms with Gasteiger partial charge in [-0.2, -0.15) is 5.10 Å². The highest BCUT2D eigenvalue weighted by atomic mass is 15.3. The molecule has 1 fully saturated rings. The number of nitrogens with one attached hydrogen (secondary N) is 1. The van der Waals surface area contributed by atoms with E-state index in [4.69, 9.17) is 0 Å². The molecule has 0 aliphatic carbocycles. The fourth-order valence-corrected chi connectivity index (χ4v) is 2.70. The number of nitrogens with zero attached hydrogens (tertiary/aromatic N) is 2. The Labute approximate surface area is 108 Å². The largest absolute Gasteiger partial charge is 0.317 e. The van der Waals surface area contributed by atoms with Gasteiger partial charge in [0.25, 0.3) is 0 Å². The summed E-state index contributed by atoms with van der Waals surface area (Å²) in [6, 6.07) is 12.7. The number of rotatable bonds is 3. The second-order valence-electron chi connectivity index (χ2n) is 4.92. The van der Waals surface area contributed by atoms with Crippen LogP contribution in [0.3, 0.4) is 0 Å². The van der Waals surface area contributed by atoms with Gasteiger partial charge in [0.1, 0.15) is 0 Å². The van der Waals surface area contributed by atoms with Crippen LogP contribution in [-0.2, 0) is 6.54 Å². The third kappa shape index (κ3) is 2.46. The smallest absolute Gasteiger partial charge is 0.0662 e. The molecule has 2 heterocycles. The van der Waals surface area contributed by atoms with E-state index in [1.165, 1.54) is 24.1 Å². The first-order valence-electron chi connectivity index (χ1n) is 6.70. The van der Waals surface area contributed by atoms with E-state index in [9.17, 15) is 0 Å². The molecule has 1 aromatic heterocycles. The van der Waals surface area contributed by atoms with Gasteiger partial charge in [0.15, 0.2) is 0 Å². The van der Waals surface area contributed by atoms with E-state index < -0.39 is 0 Å². The Kier molecular flexibility index (Phi) is 3.42. The first-order chi connectivity index (χ1) is 8.93. The van der Waals surface area contributed by atoms with E-state index in [0.717, 1.165) is 19.6 Å². The second-order valence-corrected chi connectivity index (χ2v) is 4.92. The Balaban J connectivity index is 1.78. The van der Waals surface area contributed by atoms with Crippen molar-refractivity contribution in [2.24, 2.45) is 0 Å². The van der Waals surface area contributed by atoms with E-state index >= 15 is 0 Å². The van der Waals surface area contributed by atoms with E-state index in [0.29, 0.717) is 5.92 Å². The van der Waals surface area contributed by atoms with Crippen LogP contribution in [-0.4, -0.2) is 22.9 Å². The number of benzene rings is 1. The topological polar surface area (TPSA) is 29.9 Å². The van der Waals surface area contributed by atoms with Gasteiger partial charge in [-0.1, -0.05) is 30.3 Å². The van der Waals surface area contributed by atoms with Crippen molar-refractivity contribution in [2.75, 3.05) is 13.1 Å². The van der Waals surface area contributed by atoms with Crippen LogP contribution in [0.1, 0.15) is 30.0 Å². The van der Waals surface area contributed by atoms with Crippen molar-refractivity contribution >= 4 is 0 Å². The first-order valence-corrected chi connectivity index (χ1v) is 6.70. The molecule has 0 amide bonds. The molecule has 0 saturated carbocycles. The number of aromatic nitrogens is 2. The molecule has 3 heteroatoms. The Bertz CT molecular complexity index is 483. The molecule has 2 aromatic rings. The van der Waals surface area contributed by atoms with E-state index in [1.54, 1.807) is 0 Å². The minimum atomic E-state index is 0.664. The van der Waals surface area contributed by atoms with Crippen molar-refractivity contribution in [3.63, 3.8) is 0 Å². The van der Waals surface area contributed by atoms with Crippen molar-refractivity contribution in [3.8, 4) is 0 Å². The molecular formula is C15H19N3. The molecule has 0 spiro atoms. The van der Waals surface area contributed by atoms with Gasteiger partial charge in [-0.15, -0.1) is 0 Å².